The molecule has 1 aliphatic heterocycles. The fourth-order valence-corrected chi connectivity index (χ4v) is 5.99. The third-order valence-electron chi connectivity index (χ3n) is 7.67. The number of benzene rings is 5. The molecule has 0 bridgehead atoms. The first-order valence-corrected chi connectivity index (χ1v) is 13.0. The van der Waals surface area contributed by atoms with E-state index in [4.69, 9.17) is 9.97 Å². The molecule has 0 unspecified atom stereocenters. The highest BCUT2D eigenvalue weighted by Crippen LogP contribution is 2.45. The summed E-state index contributed by atoms with van der Waals surface area (Å²) in [7, 11) is 0. The van der Waals surface area contributed by atoms with Crippen LogP contribution in [0.25, 0.3) is 71.8 Å². The number of nitrogens with zero attached hydrogens (tertiary/aromatic N) is 2. The second-order valence-corrected chi connectivity index (χ2v) is 9.81. The van der Waals surface area contributed by atoms with Gasteiger partial charge < -0.3 is 5.32 Å². The van der Waals surface area contributed by atoms with Crippen LogP contribution in [0.3, 0.4) is 0 Å². The number of nitrogens with one attached hydrogen (secondary N) is 1. The number of fused-ring (bicyclic) bond motifs is 7. The summed E-state index contributed by atoms with van der Waals surface area (Å²) in [5.74, 6) is 0. The molecule has 0 spiro atoms. The van der Waals surface area contributed by atoms with Crippen molar-refractivity contribution in [2.45, 2.75) is 0 Å². The second-order valence-electron chi connectivity index (χ2n) is 9.81. The maximum absolute atomic E-state index is 5.32. The van der Waals surface area contributed by atoms with Crippen LogP contribution in [-0.2, 0) is 0 Å². The summed E-state index contributed by atoms with van der Waals surface area (Å²) in [6, 6.07) is 36.5. The summed E-state index contributed by atoms with van der Waals surface area (Å²) in [4.78, 5) is 10.2. The van der Waals surface area contributed by atoms with Gasteiger partial charge in [-0.25, -0.2) is 4.98 Å². The standard InChI is InChI=1S/C35H23N3/c1-2-9-22(10-3-1)31-25-12-4-5-13-26(25)32(28-21-37-29-15-7-6-14-27(29)33(28)31)30-19-18-24-17-16-23-11-8-20-36-34(23)35(24)38-30/h1-19,21,36H,20H2. The Kier molecular flexibility index (Phi) is 4.58. The summed E-state index contributed by atoms with van der Waals surface area (Å²) in [5, 5.41) is 10.6. The zero-order valence-electron chi connectivity index (χ0n) is 20.6. The van der Waals surface area contributed by atoms with E-state index in [0.717, 1.165) is 50.7 Å². The van der Waals surface area contributed by atoms with E-state index in [2.05, 4.69) is 121 Å². The first-order chi connectivity index (χ1) is 18.9. The molecule has 8 rings (SSSR count). The van der Waals surface area contributed by atoms with Gasteiger partial charge in [0.15, 0.2) is 0 Å². The first kappa shape index (κ1) is 21.1. The Balaban J connectivity index is 1.56. The monoisotopic (exact) mass is 485 g/mol. The largest absolute Gasteiger partial charge is 0.379 e. The van der Waals surface area contributed by atoms with Crippen LogP contribution in [0.5, 0.6) is 0 Å². The van der Waals surface area contributed by atoms with Crippen LogP contribution in [0.15, 0.2) is 115 Å². The van der Waals surface area contributed by atoms with Gasteiger partial charge in [0.2, 0.25) is 0 Å². The van der Waals surface area contributed by atoms with E-state index in [-0.39, 0.29) is 0 Å². The van der Waals surface area contributed by atoms with E-state index in [1.807, 2.05) is 6.20 Å². The van der Waals surface area contributed by atoms with E-state index in [1.165, 1.54) is 32.8 Å². The Morgan fingerprint density at radius 2 is 1.37 bits per heavy atom. The Morgan fingerprint density at radius 1 is 0.632 bits per heavy atom. The van der Waals surface area contributed by atoms with Crippen molar-refractivity contribution >= 4 is 55.1 Å². The maximum atomic E-state index is 5.32. The van der Waals surface area contributed by atoms with Gasteiger partial charge >= 0.3 is 0 Å². The van der Waals surface area contributed by atoms with Crippen LogP contribution in [-0.4, -0.2) is 16.5 Å². The van der Waals surface area contributed by atoms with Gasteiger partial charge in [0.1, 0.15) is 0 Å². The molecule has 3 heteroatoms. The molecule has 0 radical (unpaired) electrons. The number of anilines is 1. The third kappa shape index (κ3) is 3.09. The van der Waals surface area contributed by atoms with Crippen LogP contribution in [0.1, 0.15) is 5.56 Å². The van der Waals surface area contributed by atoms with Gasteiger partial charge in [-0.05, 0) is 39.6 Å². The van der Waals surface area contributed by atoms with Gasteiger partial charge in [0.25, 0.3) is 0 Å². The van der Waals surface area contributed by atoms with Gasteiger partial charge in [-0.2, -0.15) is 0 Å². The first-order valence-electron chi connectivity index (χ1n) is 13.0. The summed E-state index contributed by atoms with van der Waals surface area (Å²) in [6.07, 6.45) is 6.37. The summed E-state index contributed by atoms with van der Waals surface area (Å²) in [6.45, 7) is 0.811. The Bertz CT molecular complexity index is 2070. The molecule has 0 amide bonds. The third-order valence-corrected chi connectivity index (χ3v) is 7.67. The topological polar surface area (TPSA) is 37.8 Å². The predicted molar refractivity (Wildman–Crippen MR) is 160 cm³/mol. The lowest BCUT2D eigenvalue weighted by molar-refractivity contribution is 1.30. The number of hydrogen-bond donors (Lipinski definition) is 1. The maximum Gasteiger partial charge on any atom is 0.0947 e. The van der Waals surface area contributed by atoms with Crippen molar-refractivity contribution in [1.82, 2.24) is 9.97 Å². The number of pyridine rings is 2. The van der Waals surface area contributed by atoms with Crippen LogP contribution < -0.4 is 5.32 Å². The molecule has 0 saturated carbocycles. The SMILES string of the molecule is C1=Cc2ccc3ccc(-c4c5ccccc5c(-c5ccccc5)c5c4cnc4ccccc45)nc3c2NC1. The Hall–Kier alpha value is -5.02. The van der Waals surface area contributed by atoms with Crippen molar-refractivity contribution in [3.05, 3.63) is 121 Å². The van der Waals surface area contributed by atoms with Crippen molar-refractivity contribution in [3.8, 4) is 22.4 Å². The van der Waals surface area contributed by atoms with E-state index in [0.29, 0.717) is 0 Å². The van der Waals surface area contributed by atoms with E-state index < -0.39 is 0 Å². The van der Waals surface area contributed by atoms with Gasteiger partial charge in [0.05, 0.1) is 22.4 Å². The zero-order chi connectivity index (χ0) is 25.1. The van der Waals surface area contributed by atoms with Crippen LogP contribution >= 0.6 is 0 Å². The average molecular weight is 486 g/mol. The quantitative estimate of drug-likeness (QED) is 0.196. The molecule has 5 aromatic carbocycles. The molecule has 7 aromatic rings. The second kappa shape index (κ2) is 8.25. The highest BCUT2D eigenvalue weighted by molar-refractivity contribution is 6.27. The minimum Gasteiger partial charge on any atom is -0.379 e. The molecule has 2 aromatic heterocycles. The molecule has 3 heterocycles. The summed E-state index contributed by atoms with van der Waals surface area (Å²) in [5.41, 5.74) is 8.80. The summed E-state index contributed by atoms with van der Waals surface area (Å²) >= 11 is 0. The highest BCUT2D eigenvalue weighted by atomic mass is 14.9. The lowest BCUT2D eigenvalue weighted by atomic mass is 9.86. The van der Waals surface area contributed by atoms with Gasteiger partial charge in [-0.1, -0.05) is 103 Å². The van der Waals surface area contributed by atoms with E-state index in [9.17, 15) is 0 Å². The van der Waals surface area contributed by atoms with Crippen LogP contribution in [0, 0.1) is 0 Å². The van der Waals surface area contributed by atoms with Gasteiger partial charge in [-0.3, -0.25) is 4.98 Å². The summed E-state index contributed by atoms with van der Waals surface area (Å²) < 4.78 is 0. The Labute approximate surface area is 220 Å². The zero-order valence-corrected chi connectivity index (χ0v) is 20.6. The molecular formula is C35H23N3. The van der Waals surface area contributed by atoms with E-state index in [1.54, 1.807) is 0 Å². The van der Waals surface area contributed by atoms with Crippen molar-refractivity contribution in [2.75, 3.05) is 11.9 Å². The molecule has 178 valence electrons. The average Bonchev–Trinajstić information content (AvgIpc) is 3.00. The normalized spacial score (nSPS) is 12.7. The molecule has 1 N–H and O–H groups in total. The molecule has 0 aliphatic carbocycles. The molecule has 0 atom stereocenters. The van der Waals surface area contributed by atoms with Crippen LogP contribution in [0.2, 0.25) is 0 Å². The molecule has 3 nitrogen and oxygen atoms in total. The minimum atomic E-state index is 0.811. The van der Waals surface area contributed by atoms with E-state index >= 15 is 0 Å². The van der Waals surface area contributed by atoms with Crippen molar-refractivity contribution in [2.24, 2.45) is 0 Å². The smallest absolute Gasteiger partial charge is 0.0947 e. The fourth-order valence-electron chi connectivity index (χ4n) is 5.99. The molecule has 0 saturated heterocycles. The molecule has 38 heavy (non-hydrogen) atoms. The molecule has 1 aliphatic rings. The number of rotatable bonds is 2. The number of para-hydroxylation sites is 1. The molecular weight excluding hydrogens is 462 g/mol. The van der Waals surface area contributed by atoms with Gasteiger partial charge in [-0.15, -0.1) is 0 Å². The van der Waals surface area contributed by atoms with Crippen molar-refractivity contribution in [1.29, 1.82) is 0 Å². The minimum absolute atomic E-state index is 0.811. The lowest BCUT2D eigenvalue weighted by Crippen LogP contribution is -2.05. The Morgan fingerprint density at radius 3 is 2.24 bits per heavy atom. The van der Waals surface area contributed by atoms with Crippen molar-refractivity contribution in [3.63, 3.8) is 0 Å². The number of aromatic nitrogens is 2. The molecule has 0 fully saturated rings. The number of hydrogen-bond acceptors (Lipinski definition) is 3. The predicted octanol–water partition coefficient (Wildman–Crippen LogP) is 8.86. The highest BCUT2D eigenvalue weighted by Gasteiger charge is 2.20. The van der Waals surface area contributed by atoms with Crippen molar-refractivity contribution < 1.29 is 0 Å². The van der Waals surface area contributed by atoms with Gasteiger partial charge in [0, 0.05) is 39.8 Å². The van der Waals surface area contributed by atoms with Crippen LogP contribution in [0.4, 0.5) is 5.69 Å². The lowest BCUT2D eigenvalue weighted by Gasteiger charge is -2.19. The fraction of sp³-hybridized carbons (Fsp3) is 0.0286.